The zero-order valence-corrected chi connectivity index (χ0v) is 20.8. The zero-order chi connectivity index (χ0) is 24.8. The van der Waals surface area contributed by atoms with Crippen molar-refractivity contribution < 1.29 is 33.3 Å². The van der Waals surface area contributed by atoms with Gasteiger partial charge in [-0.3, -0.25) is 0 Å². The fourth-order valence-electron chi connectivity index (χ4n) is 3.45. The van der Waals surface area contributed by atoms with Crippen LogP contribution in [0.4, 0.5) is 9.59 Å². The highest BCUT2D eigenvalue weighted by Crippen LogP contribution is 2.25. The summed E-state index contributed by atoms with van der Waals surface area (Å²) in [7, 11) is 0. The normalized spacial score (nSPS) is 22.2. The van der Waals surface area contributed by atoms with E-state index in [1.807, 2.05) is 30.3 Å². The van der Waals surface area contributed by atoms with Crippen molar-refractivity contribution in [1.29, 1.82) is 0 Å². The van der Waals surface area contributed by atoms with E-state index < -0.39 is 41.5 Å². The Balaban J connectivity index is 2.25. The van der Waals surface area contributed by atoms with Crippen LogP contribution in [0.5, 0.6) is 5.75 Å². The average Bonchev–Trinajstić information content (AvgIpc) is 2.70. The molecule has 1 aromatic rings. The molecule has 0 bridgehead atoms. The second kappa shape index (κ2) is 10.9. The number of amides is 2. The van der Waals surface area contributed by atoms with Crippen molar-refractivity contribution in [2.75, 3.05) is 0 Å². The van der Waals surface area contributed by atoms with Gasteiger partial charge >= 0.3 is 18.2 Å². The van der Waals surface area contributed by atoms with Gasteiger partial charge in [0.15, 0.2) is 0 Å². The van der Waals surface area contributed by atoms with Crippen molar-refractivity contribution in [3.05, 3.63) is 30.3 Å². The van der Waals surface area contributed by atoms with E-state index in [2.05, 4.69) is 0 Å². The van der Waals surface area contributed by atoms with E-state index >= 15 is 0 Å². The minimum absolute atomic E-state index is 0.176. The van der Waals surface area contributed by atoms with Gasteiger partial charge < -0.3 is 18.9 Å². The van der Waals surface area contributed by atoms with Gasteiger partial charge in [-0.1, -0.05) is 18.2 Å². The van der Waals surface area contributed by atoms with Gasteiger partial charge in [-0.25, -0.2) is 14.4 Å². The Labute approximate surface area is 196 Å². The minimum atomic E-state index is -1.16. The lowest BCUT2D eigenvalue weighted by Crippen LogP contribution is -2.52. The van der Waals surface area contributed by atoms with E-state index in [9.17, 15) is 14.4 Å². The summed E-state index contributed by atoms with van der Waals surface area (Å²) < 4.78 is 22.5. The second-order valence-electron chi connectivity index (χ2n) is 10.3. The van der Waals surface area contributed by atoms with Crippen LogP contribution < -0.4 is 4.74 Å². The number of imide groups is 1. The number of rotatable bonds is 3. The number of ether oxygens (including phenoxy) is 4. The summed E-state index contributed by atoms with van der Waals surface area (Å²) in [5.74, 6) is 0.0699. The monoisotopic (exact) mass is 463 g/mol. The lowest BCUT2D eigenvalue weighted by molar-refractivity contribution is -0.155. The molecule has 3 atom stereocenters. The molecular formula is C25H37NO7. The van der Waals surface area contributed by atoms with Crippen LogP contribution in [0.2, 0.25) is 0 Å². The van der Waals surface area contributed by atoms with Gasteiger partial charge in [0.1, 0.15) is 35.2 Å². The van der Waals surface area contributed by atoms with Crippen molar-refractivity contribution in [2.45, 2.75) is 104 Å². The number of para-hydroxylation sites is 1. The van der Waals surface area contributed by atoms with Crippen molar-refractivity contribution in [3.8, 4) is 5.75 Å². The molecule has 0 radical (unpaired) electrons. The molecule has 1 heterocycles. The van der Waals surface area contributed by atoms with Gasteiger partial charge in [0.25, 0.3) is 0 Å². The molecule has 8 heteroatoms. The predicted octanol–water partition coefficient (Wildman–Crippen LogP) is 5.48. The van der Waals surface area contributed by atoms with E-state index in [0.29, 0.717) is 19.3 Å². The number of hydrogen-bond donors (Lipinski definition) is 0. The van der Waals surface area contributed by atoms with Gasteiger partial charge in [0.05, 0.1) is 0 Å². The molecule has 0 spiro atoms. The molecule has 1 saturated heterocycles. The van der Waals surface area contributed by atoms with Crippen LogP contribution in [0.1, 0.15) is 74.1 Å². The fraction of sp³-hybridized carbons (Fsp3) is 0.640. The highest BCUT2D eigenvalue weighted by molar-refractivity contribution is 5.94. The fourth-order valence-corrected chi connectivity index (χ4v) is 3.45. The number of carbonyl (C=O) groups is 3. The minimum Gasteiger partial charge on any atom is -0.490 e. The van der Waals surface area contributed by atoms with Crippen molar-refractivity contribution >= 4 is 18.2 Å². The van der Waals surface area contributed by atoms with Gasteiger partial charge in [-0.15, -0.1) is 0 Å². The second-order valence-corrected chi connectivity index (χ2v) is 10.3. The summed E-state index contributed by atoms with van der Waals surface area (Å²) in [6, 6.07) is 8.28. The number of nitrogens with zero attached hydrogens (tertiary/aromatic N) is 1. The molecule has 1 fully saturated rings. The van der Waals surface area contributed by atoms with E-state index in [1.54, 1.807) is 48.5 Å². The number of hydrogen-bond acceptors (Lipinski definition) is 7. The average molecular weight is 464 g/mol. The standard InChI is InChI=1S/C25H37NO7/c1-17-16-19(31-18-12-9-8-10-13-18)14-11-15-20(21(27)30-17)26(22(28)32-24(2,3)4)23(29)33-25(5,6)7/h8-10,12-13,17,19-20H,11,14-16H2,1-7H3/t17?,19?,20-/m0/s1. The molecule has 8 nitrogen and oxygen atoms in total. The van der Waals surface area contributed by atoms with E-state index in [0.717, 1.165) is 10.6 Å². The smallest absolute Gasteiger partial charge is 0.420 e. The molecule has 2 unspecified atom stereocenters. The molecule has 1 aliphatic rings. The van der Waals surface area contributed by atoms with E-state index in [4.69, 9.17) is 18.9 Å². The molecular weight excluding hydrogens is 426 g/mol. The molecule has 33 heavy (non-hydrogen) atoms. The lowest BCUT2D eigenvalue weighted by atomic mass is 10.0. The number of benzene rings is 1. The van der Waals surface area contributed by atoms with Gasteiger partial charge in [0, 0.05) is 6.42 Å². The Kier molecular flexibility index (Phi) is 8.75. The highest BCUT2D eigenvalue weighted by Gasteiger charge is 2.42. The van der Waals surface area contributed by atoms with Crippen LogP contribution in [0.25, 0.3) is 0 Å². The maximum atomic E-state index is 13.1. The first kappa shape index (κ1) is 26.5. The lowest BCUT2D eigenvalue weighted by Gasteiger charge is -2.32. The number of carbonyl (C=O) groups excluding carboxylic acids is 3. The molecule has 0 N–H and O–H groups in total. The third-order valence-corrected chi connectivity index (χ3v) is 4.73. The van der Waals surface area contributed by atoms with E-state index in [1.165, 1.54) is 0 Å². The predicted molar refractivity (Wildman–Crippen MR) is 123 cm³/mol. The largest absolute Gasteiger partial charge is 0.490 e. The van der Waals surface area contributed by atoms with Crippen molar-refractivity contribution in [1.82, 2.24) is 4.90 Å². The molecule has 184 valence electrons. The number of cyclic esters (lactones) is 1. The van der Waals surface area contributed by atoms with Crippen molar-refractivity contribution in [3.63, 3.8) is 0 Å². The molecule has 1 aromatic carbocycles. The van der Waals surface area contributed by atoms with Crippen LogP contribution >= 0.6 is 0 Å². The van der Waals surface area contributed by atoms with Crippen LogP contribution in [0.15, 0.2) is 30.3 Å². The Morgan fingerprint density at radius 3 is 2.00 bits per heavy atom. The topological polar surface area (TPSA) is 91.4 Å². The highest BCUT2D eigenvalue weighted by atomic mass is 16.6. The third kappa shape index (κ3) is 8.94. The molecule has 0 saturated carbocycles. The zero-order valence-electron chi connectivity index (χ0n) is 20.8. The molecule has 0 aromatic heterocycles. The molecule has 0 aliphatic carbocycles. The summed E-state index contributed by atoms with van der Waals surface area (Å²) in [4.78, 5) is 39.8. The number of esters is 1. The Morgan fingerprint density at radius 1 is 0.939 bits per heavy atom. The summed E-state index contributed by atoms with van der Waals surface area (Å²) >= 11 is 0. The van der Waals surface area contributed by atoms with Crippen LogP contribution in [-0.4, -0.2) is 52.5 Å². The van der Waals surface area contributed by atoms with Crippen LogP contribution in [0.3, 0.4) is 0 Å². The van der Waals surface area contributed by atoms with Gasteiger partial charge in [-0.2, -0.15) is 4.90 Å². The first-order valence-corrected chi connectivity index (χ1v) is 11.4. The maximum absolute atomic E-state index is 13.1. The Morgan fingerprint density at radius 2 is 1.48 bits per heavy atom. The maximum Gasteiger partial charge on any atom is 0.420 e. The van der Waals surface area contributed by atoms with Crippen molar-refractivity contribution in [2.24, 2.45) is 0 Å². The van der Waals surface area contributed by atoms with E-state index in [-0.39, 0.29) is 12.5 Å². The van der Waals surface area contributed by atoms with Crippen LogP contribution in [0, 0.1) is 0 Å². The third-order valence-electron chi connectivity index (χ3n) is 4.73. The van der Waals surface area contributed by atoms with Gasteiger partial charge in [-0.05, 0) is 79.9 Å². The van der Waals surface area contributed by atoms with Gasteiger partial charge in [0.2, 0.25) is 0 Å². The molecule has 2 rings (SSSR count). The molecule has 2 amide bonds. The van der Waals surface area contributed by atoms with Crippen LogP contribution in [-0.2, 0) is 19.0 Å². The Bertz CT molecular complexity index is 782. The first-order valence-electron chi connectivity index (χ1n) is 11.4. The quantitative estimate of drug-likeness (QED) is 0.433. The summed E-state index contributed by atoms with van der Waals surface area (Å²) in [6.45, 7) is 11.9. The summed E-state index contributed by atoms with van der Waals surface area (Å²) in [6.07, 6.45) is -0.665. The Hall–Kier alpha value is -2.77. The summed E-state index contributed by atoms with van der Waals surface area (Å²) in [5, 5.41) is 0. The SMILES string of the molecule is CC1CC(Oc2ccccc2)CCC[C@H](N(C(=O)OC(C)(C)C)C(=O)OC(C)(C)C)C(=O)O1. The summed E-state index contributed by atoms with van der Waals surface area (Å²) in [5.41, 5.74) is -1.72. The molecule has 1 aliphatic heterocycles. The first-order chi connectivity index (χ1) is 15.2.